The molecule has 0 bridgehead atoms. The Balaban J connectivity index is 0.00000220. The molecule has 3 N–H and O–H groups in total. The largest absolute Gasteiger partial charge is 0.347 e. The number of rotatable bonds is 5. The summed E-state index contributed by atoms with van der Waals surface area (Å²) in [4.78, 5) is 14.0. The zero-order chi connectivity index (χ0) is 14.9. The van der Waals surface area contributed by atoms with E-state index in [0.717, 1.165) is 27.2 Å². The molecule has 7 heteroatoms. The molecule has 2 heterocycles. The Bertz CT molecular complexity index is 585. The van der Waals surface area contributed by atoms with Crippen molar-refractivity contribution < 1.29 is 4.79 Å². The average Bonchev–Trinajstić information content (AvgIpc) is 2.91. The second-order valence-corrected chi connectivity index (χ2v) is 6.60. The van der Waals surface area contributed by atoms with Crippen molar-refractivity contribution in [1.29, 1.82) is 0 Å². The fourth-order valence-corrected chi connectivity index (χ4v) is 3.38. The minimum atomic E-state index is -0.0401. The molecule has 1 unspecified atom stereocenters. The van der Waals surface area contributed by atoms with Crippen molar-refractivity contribution in [2.45, 2.75) is 33.2 Å². The van der Waals surface area contributed by atoms with E-state index in [0.29, 0.717) is 12.5 Å². The van der Waals surface area contributed by atoms with E-state index in [9.17, 15) is 4.79 Å². The number of nitrogens with zero attached hydrogens (tertiary/aromatic N) is 2. The third kappa shape index (κ3) is 3.96. The maximum absolute atomic E-state index is 12.3. The van der Waals surface area contributed by atoms with Gasteiger partial charge in [-0.2, -0.15) is 5.10 Å². The first kappa shape index (κ1) is 17.9. The highest BCUT2D eigenvalue weighted by atomic mass is 35.5. The van der Waals surface area contributed by atoms with Crippen LogP contribution in [0.2, 0.25) is 0 Å². The van der Waals surface area contributed by atoms with Gasteiger partial charge in [-0.15, -0.1) is 23.7 Å². The molecular formula is C14H23ClN4OS. The standard InChI is InChI=1S/C14H22N4OS.ClH/c1-8(2)5-10(7-15)16-13(19)12-6-11-9(3)17-18(4)14(11)20-12;/h6,8,10H,5,7,15H2,1-4H3,(H,16,19);1H. The second-order valence-electron chi connectivity index (χ2n) is 5.57. The molecule has 0 saturated heterocycles. The Morgan fingerprint density at radius 1 is 1.52 bits per heavy atom. The number of thiophene rings is 1. The maximum Gasteiger partial charge on any atom is 0.261 e. The molecule has 2 rings (SSSR count). The molecule has 0 saturated carbocycles. The van der Waals surface area contributed by atoms with Crippen LogP contribution in [-0.2, 0) is 7.05 Å². The Labute approximate surface area is 135 Å². The Hall–Kier alpha value is -1.11. The summed E-state index contributed by atoms with van der Waals surface area (Å²) in [7, 11) is 1.90. The maximum atomic E-state index is 12.3. The number of aromatic nitrogens is 2. The van der Waals surface area contributed by atoms with Crippen molar-refractivity contribution >= 4 is 39.9 Å². The predicted molar refractivity (Wildman–Crippen MR) is 90.3 cm³/mol. The molecule has 21 heavy (non-hydrogen) atoms. The molecule has 0 aliphatic rings. The van der Waals surface area contributed by atoms with Crippen LogP contribution >= 0.6 is 23.7 Å². The van der Waals surface area contributed by atoms with Gasteiger partial charge in [0.15, 0.2) is 0 Å². The SMILES string of the molecule is Cc1nn(C)c2sc(C(=O)NC(CN)CC(C)C)cc12.Cl. The van der Waals surface area contributed by atoms with E-state index in [-0.39, 0.29) is 24.4 Å². The van der Waals surface area contributed by atoms with E-state index in [1.807, 2.05) is 24.7 Å². The Morgan fingerprint density at radius 3 is 2.71 bits per heavy atom. The van der Waals surface area contributed by atoms with Gasteiger partial charge in [-0.05, 0) is 25.3 Å². The number of amides is 1. The lowest BCUT2D eigenvalue weighted by Gasteiger charge is -2.18. The van der Waals surface area contributed by atoms with Gasteiger partial charge in [-0.25, -0.2) is 0 Å². The summed E-state index contributed by atoms with van der Waals surface area (Å²) in [6, 6.07) is 1.95. The second kappa shape index (κ2) is 7.24. The summed E-state index contributed by atoms with van der Waals surface area (Å²) in [5.74, 6) is 0.472. The third-order valence-electron chi connectivity index (χ3n) is 3.30. The number of hydrogen-bond donors (Lipinski definition) is 2. The van der Waals surface area contributed by atoms with Crippen molar-refractivity contribution in [3.05, 3.63) is 16.6 Å². The molecule has 0 fully saturated rings. The molecule has 2 aromatic heterocycles. The van der Waals surface area contributed by atoms with Crippen LogP contribution in [0.5, 0.6) is 0 Å². The van der Waals surface area contributed by atoms with E-state index in [4.69, 9.17) is 5.73 Å². The molecular weight excluding hydrogens is 308 g/mol. The van der Waals surface area contributed by atoms with Crippen LogP contribution in [0.25, 0.3) is 10.2 Å². The van der Waals surface area contributed by atoms with Gasteiger partial charge in [0.2, 0.25) is 0 Å². The third-order valence-corrected chi connectivity index (χ3v) is 4.50. The zero-order valence-corrected chi connectivity index (χ0v) is 14.5. The normalized spacial score (nSPS) is 12.5. The summed E-state index contributed by atoms with van der Waals surface area (Å²) in [5.41, 5.74) is 6.68. The van der Waals surface area contributed by atoms with E-state index in [1.54, 1.807) is 0 Å². The zero-order valence-electron chi connectivity index (χ0n) is 12.8. The van der Waals surface area contributed by atoms with Gasteiger partial charge in [0.05, 0.1) is 10.6 Å². The molecule has 0 aliphatic heterocycles. The molecule has 0 aliphatic carbocycles. The lowest BCUT2D eigenvalue weighted by Crippen LogP contribution is -2.40. The van der Waals surface area contributed by atoms with Crippen LogP contribution in [0.1, 0.15) is 35.6 Å². The van der Waals surface area contributed by atoms with Gasteiger partial charge in [0.25, 0.3) is 5.91 Å². The summed E-state index contributed by atoms with van der Waals surface area (Å²) in [5, 5.41) is 8.41. The van der Waals surface area contributed by atoms with Crippen LogP contribution in [-0.4, -0.2) is 28.3 Å². The molecule has 5 nitrogen and oxygen atoms in total. The van der Waals surface area contributed by atoms with Gasteiger partial charge in [-0.1, -0.05) is 13.8 Å². The van der Waals surface area contributed by atoms with Crippen molar-refractivity contribution in [2.24, 2.45) is 18.7 Å². The number of nitrogens with one attached hydrogen (secondary N) is 1. The van der Waals surface area contributed by atoms with E-state index < -0.39 is 0 Å². The van der Waals surface area contributed by atoms with E-state index >= 15 is 0 Å². The Morgan fingerprint density at radius 2 is 2.19 bits per heavy atom. The minimum Gasteiger partial charge on any atom is -0.347 e. The molecule has 0 radical (unpaired) electrons. The molecule has 0 aromatic carbocycles. The van der Waals surface area contributed by atoms with E-state index in [1.165, 1.54) is 11.3 Å². The minimum absolute atomic E-state index is 0. The van der Waals surface area contributed by atoms with Crippen molar-refractivity contribution in [3.63, 3.8) is 0 Å². The van der Waals surface area contributed by atoms with Crippen LogP contribution in [0.3, 0.4) is 0 Å². The van der Waals surface area contributed by atoms with Gasteiger partial charge >= 0.3 is 0 Å². The number of fused-ring (bicyclic) bond motifs is 1. The van der Waals surface area contributed by atoms with Gasteiger partial charge < -0.3 is 11.1 Å². The first-order chi connectivity index (χ1) is 9.42. The summed E-state index contributed by atoms with van der Waals surface area (Å²) in [6.45, 7) is 6.68. The number of halogens is 1. The van der Waals surface area contributed by atoms with Crippen molar-refractivity contribution in [3.8, 4) is 0 Å². The highest BCUT2D eigenvalue weighted by molar-refractivity contribution is 7.20. The highest BCUT2D eigenvalue weighted by Gasteiger charge is 2.18. The topological polar surface area (TPSA) is 72.9 Å². The van der Waals surface area contributed by atoms with E-state index in [2.05, 4.69) is 24.3 Å². The number of carbonyl (C=O) groups is 1. The van der Waals surface area contributed by atoms with Crippen molar-refractivity contribution in [1.82, 2.24) is 15.1 Å². The van der Waals surface area contributed by atoms with Crippen LogP contribution in [0, 0.1) is 12.8 Å². The van der Waals surface area contributed by atoms with Crippen LogP contribution in [0.4, 0.5) is 0 Å². The van der Waals surface area contributed by atoms with Crippen molar-refractivity contribution in [2.75, 3.05) is 6.54 Å². The highest BCUT2D eigenvalue weighted by Crippen LogP contribution is 2.27. The lowest BCUT2D eigenvalue weighted by molar-refractivity contribution is 0.0938. The number of carbonyl (C=O) groups excluding carboxylic acids is 1. The first-order valence-electron chi connectivity index (χ1n) is 6.86. The fraction of sp³-hybridized carbons (Fsp3) is 0.571. The molecule has 118 valence electrons. The van der Waals surface area contributed by atoms with Crippen LogP contribution < -0.4 is 11.1 Å². The van der Waals surface area contributed by atoms with Gasteiger partial charge in [-0.3, -0.25) is 9.48 Å². The molecule has 1 atom stereocenters. The summed E-state index contributed by atoms with van der Waals surface area (Å²) >= 11 is 1.47. The fourth-order valence-electron chi connectivity index (χ4n) is 2.36. The predicted octanol–water partition coefficient (Wildman–Crippen LogP) is 2.47. The molecule has 1 amide bonds. The number of hydrogen-bond acceptors (Lipinski definition) is 4. The Kier molecular flexibility index (Phi) is 6.19. The first-order valence-corrected chi connectivity index (χ1v) is 7.68. The van der Waals surface area contributed by atoms with Crippen LogP contribution in [0.15, 0.2) is 6.07 Å². The summed E-state index contributed by atoms with van der Waals surface area (Å²) in [6.07, 6.45) is 0.897. The summed E-state index contributed by atoms with van der Waals surface area (Å²) < 4.78 is 1.82. The molecule has 2 aromatic rings. The smallest absolute Gasteiger partial charge is 0.261 e. The molecule has 0 spiro atoms. The monoisotopic (exact) mass is 330 g/mol. The number of aryl methyl sites for hydroxylation is 2. The average molecular weight is 331 g/mol. The van der Waals surface area contributed by atoms with Gasteiger partial charge in [0.1, 0.15) is 4.83 Å². The van der Waals surface area contributed by atoms with Gasteiger partial charge in [0, 0.05) is 25.0 Å². The lowest BCUT2D eigenvalue weighted by atomic mass is 10.0. The number of nitrogens with two attached hydrogens (primary N) is 1. The quantitative estimate of drug-likeness (QED) is 0.884.